The number of amides is 1. The SMILES string of the molecule is CC1(C(=O)O)CCN(C(=O)c2ccc(N)c(F)c2)CC1. The molecule has 2 rings (SSSR count). The van der Waals surface area contributed by atoms with Gasteiger partial charge in [-0.05, 0) is 38.0 Å². The highest BCUT2D eigenvalue weighted by Crippen LogP contribution is 2.31. The highest BCUT2D eigenvalue weighted by Gasteiger charge is 2.38. The number of carbonyl (C=O) groups is 2. The molecule has 1 aliphatic rings. The van der Waals surface area contributed by atoms with E-state index in [1.807, 2.05) is 0 Å². The molecular weight excluding hydrogens is 263 g/mol. The lowest BCUT2D eigenvalue weighted by atomic mass is 9.80. The number of carboxylic acid groups (broad SMARTS) is 1. The van der Waals surface area contributed by atoms with Gasteiger partial charge in [0.25, 0.3) is 5.91 Å². The van der Waals surface area contributed by atoms with E-state index < -0.39 is 17.2 Å². The number of hydrogen-bond acceptors (Lipinski definition) is 3. The van der Waals surface area contributed by atoms with Crippen LogP contribution in [0.25, 0.3) is 0 Å². The number of nitrogens with zero attached hydrogens (tertiary/aromatic N) is 1. The molecule has 6 heteroatoms. The molecule has 0 bridgehead atoms. The molecule has 1 amide bonds. The van der Waals surface area contributed by atoms with Gasteiger partial charge >= 0.3 is 5.97 Å². The molecule has 0 aliphatic carbocycles. The van der Waals surface area contributed by atoms with E-state index in [1.54, 1.807) is 11.8 Å². The molecule has 1 aliphatic heterocycles. The maximum atomic E-state index is 13.4. The molecule has 0 atom stereocenters. The largest absolute Gasteiger partial charge is 0.481 e. The number of rotatable bonds is 2. The van der Waals surface area contributed by atoms with Crippen LogP contribution in [0.5, 0.6) is 0 Å². The molecular formula is C14H17FN2O3. The summed E-state index contributed by atoms with van der Waals surface area (Å²) >= 11 is 0. The molecule has 0 aromatic heterocycles. The van der Waals surface area contributed by atoms with Crippen molar-refractivity contribution in [2.24, 2.45) is 5.41 Å². The number of carboxylic acids is 1. The fraction of sp³-hybridized carbons (Fsp3) is 0.429. The molecule has 0 radical (unpaired) electrons. The van der Waals surface area contributed by atoms with Gasteiger partial charge in [-0.3, -0.25) is 9.59 Å². The normalized spacial score (nSPS) is 17.8. The molecule has 3 N–H and O–H groups in total. The smallest absolute Gasteiger partial charge is 0.309 e. The van der Waals surface area contributed by atoms with Gasteiger partial charge in [0, 0.05) is 18.7 Å². The minimum atomic E-state index is -0.844. The van der Waals surface area contributed by atoms with Gasteiger partial charge in [0.05, 0.1) is 11.1 Å². The zero-order valence-corrected chi connectivity index (χ0v) is 11.2. The second-order valence-electron chi connectivity index (χ2n) is 5.39. The number of likely N-dealkylation sites (tertiary alicyclic amines) is 1. The lowest BCUT2D eigenvalue weighted by Gasteiger charge is -2.36. The molecule has 1 fully saturated rings. The minimum absolute atomic E-state index is 0.00125. The number of halogens is 1. The van der Waals surface area contributed by atoms with Crippen molar-refractivity contribution in [2.75, 3.05) is 18.8 Å². The van der Waals surface area contributed by atoms with E-state index in [4.69, 9.17) is 10.8 Å². The number of hydrogen-bond donors (Lipinski definition) is 2. The van der Waals surface area contributed by atoms with E-state index in [2.05, 4.69) is 0 Å². The summed E-state index contributed by atoms with van der Waals surface area (Å²) in [6.07, 6.45) is 0.789. The summed E-state index contributed by atoms with van der Waals surface area (Å²) in [4.78, 5) is 24.9. The average Bonchev–Trinajstić information content (AvgIpc) is 2.42. The van der Waals surface area contributed by atoms with Crippen molar-refractivity contribution in [2.45, 2.75) is 19.8 Å². The lowest BCUT2D eigenvalue weighted by Crippen LogP contribution is -2.45. The Morgan fingerprint density at radius 2 is 1.95 bits per heavy atom. The Labute approximate surface area is 116 Å². The van der Waals surface area contributed by atoms with Gasteiger partial charge in [-0.2, -0.15) is 0 Å². The molecule has 1 aromatic carbocycles. The standard InChI is InChI=1S/C14H17FN2O3/c1-14(13(19)20)4-6-17(7-5-14)12(18)9-2-3-11(16)10(15)8-9/h2-3,8H,4-7,16H2,1H3,(H,19,20). The molecule has 0 saturated carbocycles. The van der Waals surface area contributed by atoms with E-state index >= 15 is 0 Å². The average molecular weight is 280 g/mol. The summed E-state index contributed by atoms with van der Waals surface area (Å²) in [6, 6.07) is 3.95. The second-order valence-corrected chi connectivity index (χ2v) is 5.39. The Hall–Kier alpha value is -2.11. The molecule has 0 unspecified atom stereocenters. The minimum Gasteiger partial charge on any atom is -0.481 e. The lowest BCUT2D eigenvalue weighted by molar-refractivity contribution is -0.150. The van der Waals surface area contributed by atoms with Crippen LogP contribution < -0.4 is 5.73 Å². The highest BCUT2D eigenvalue weighted by molar-refractivity contribution is 5.94. The van der Waals surface area contributed by atoms with Crippen molar-refractivity contribution >= 4 is 17.6 Å². The van der Waals surface area contributed by atoms with E-state index in [1.165, 1.54) is 12.1 Å². The molecule has 108 valence electrons. The zero-order valence-electron chi connectivity index (χ0n) is 11.2. The van der Waals surface area contributed by atoms with Crippen molar-refractivity contribution < 1.29 is 19.1 Å². The first-order valence-electron chi connectivity index (χ1n) is 6.41. The third-order valence-electron chi connectivity index (χ3n) is 3.92. The molecule has 1 heterocycles. The number of nitrogens with two attached hydrogens (primary N) is 1. The fourth-order valence-electron chi connectivity index (χ4n) is 2.26. The van der Waals surface area contributed by atoms with Gasteiger partial charge < -0.3 is 15.7 Å². The number of benzene rings is 1. The van der Waals surface area contributed by atoms with E-state index in [-0.39, 0.29) is 17.2 Å². The van der Waals surface area contributed by atoms with Crippen molar-refractivity contribution in [1.29, 1.82) is 0 Å². The van der Waals surface area contributed by atoms with Gasteiger partial charge in [-0.15, -0.1) is 0 Å². The maximum Gasteiger partial charge on any atom is 0.309 e. The Morgan fingerprint density at radius 3 is 2.45 bits per heavy atom. The third-order valence-corrected chi connectivity index (χ3v) is 3.92. The van der Waals surface area contributed by atoms with Crippen LogP contribution in [0.15, 0.2) is 18.2 Å². The van der Waals surface area contributed by atoms with Gasteiger partial charge in [0.15, 0.2) is 0 Å². The number of nitrogen functional groups attached to an aromatic ring is 1. The molecule has 1 saturated heterocycles. The predicted molar refractivity (Wildman–Crippen MR) is 71.7 cm³/mol. The van der Waals surface area contributed by atoms with Crippen LogP contribution in [0.3, 0.4) is 0 Å². The summed E-state index contributed by atoms with van der Waals surface area (Å²) in [7, 11) is 0. The van der Waals surface area contributed by atoms with Crippen molar-refractivity contribution in [3.8, 4) is 0 Å². The second kappa shape index (κ2) is 5.11. The molecule has 1 aromatic rings. The first-order chi connectivity index (χ1) is 9.33. The quantitative estimate of drug-likeness (QED) is 0.808. The van der Waals surface area contributed by atoms with Crippen molar-refractivity contribution in [3.63, 3.8) is 0 Å². The van der Waals surface area contributed by atoms with Crippen LogP contribution in [0.1, 0.15) is 30.1 Å². The van der Waals surface area contributed by atoms with Gasteiger partial charge in [0.2, 0.25) is 0 Å². The Bertz CT molecular complexity index is 551. The summed E-state index contributed by atoms with van der Waals surface area (Å²) in [5, 5.41) is 9.14. The van der Waals surface area contributed by atoms with E-state index in [9.17, 15) is 14.0 Å². The van der Waals surface area contributed by atoms with E-state index in [0.29, 0.717) is 25.9 Å². The van der Waals surface area contributed by atoms with E-state index in [0.717, 1.165) is 6.07 Å². The number of aliphatic carboxylic acids is 1. The Balaban J connectivity index is 2.08. The first-order valence-corrected chi connectivity index (χ1v) is 6.41. The molecule has 0 spiro atoms. The predicted octanol–water partition coefficient (Wildman–Crippen LogP) is 1.73. The third kappa shape index (κ3) is 2.59. The van der Waals surface area contributed by atoms with Crippen LogP contribution in [-0.4, -0.2) is 35.0 Å². The Morgan fingerprint density at radius 1 is 1.35 bits per heavy atom. The van der Waals surface area contributed by atoms with Crippen molar-refractivity contribution in [1.82, 2.24) is 4.90 Å². The fourth-order valence-corrected chi connectivity index (χ4v) is 2.26. The van der Waals surface area contributed by atoms with Crippen LogP contribution in [0.4, 0.5) is 10.1 Å². The van der Waals surface area contributed by atoms with Crippen LogP contribution >= 0.6 is 0 Å². The highest BCUT2D eigenvalue weighted by atomic mass is 19.1. The van der Waals surface area contributed by atoms with Crippen molar-refractivity contribution in [3.05, 3.63) is 29.6 Å². The van der Waals surface area contributed by atoms with Gasteiger partial charge in [-0.1, -0.05) is 0 Å². The number of carbonyl (C=O) groups excluding carboxylic acids is 1. The zero-order chi connectivity index (χ0) is 14.9. The first kappa shape index (κ1) is 14.3. The summed E-state index contributed by atoms with van der Waals surface area (Å²) in [5.41, 5.74) is 4.81. The van der Waals surface area contributed by atoms with Crippen LogP contribution in [-0.2, 0) is 4.79 Å². The van der Waals surface area contributed by atoms with Gasteiger partial charge in [0.1, 0.15) is 5.82 Å². The monoisotopic (exact) mass is 280 g/mol. The summed E-state index contributed by atoms with van der Waals surface area (Å²) in [6.45, 7) is 2.39. The van der Waals surface area contributed by atoms with Crippen LogP contribution in [0, 0.1) is 11.2 Å². The van der Waals surface area contributed by atoms with Crippen LogP contribution in [0.2, 0.25) is 0 Å². The topological polar surface area (TPSA) is 83.6 Å². The number of anilines is 1. The molecule has 20 heavy (non-hydrogen) atoms. The maximum absolute atomic E-state index is 13.4. The Kier molecular flexibility index (Phi) is 3.65. The molecule has 5 nitrogen and oxygen atoms in total. The van der Waals surface area contributed by atoms with Gasteiger partial charge in [-0.25, -0.2) is 4.39 Å². The summed E-state index contributed by atoms with van der Waals surface area (Å²) < 4.78 is 13.4. The summed E-state index contributed by atoms with van der Waals surface area (Å²) in [5.74, 6) is -1.76. The number of piperidine rings is 1.